The molecule has 3 N–H and O–H groups in total. The number of fused-ring (bicyclic) bond motifs is 3. The molecule has 0 aliphatic heterocycles. The van der Waals surface area contributed by atoms with Crippen molar-refractivity contribution < 1.29 is 14.6 Å². The summed E-state index contributed by atoms with van der Waals surface area (Å²) in [6.07, 6.45) is 1.25. The molecule has 53 heavy (non-hydrogen) atoms. The van der Waals surface area contributed by atoms with E-state index in [-0.39, 0.29) is 45.8 Å². The van der Waals surface area contributed by atoms with Crippen molar-refractivity contribution in [2.24, 2.45) is 24.3 Å². The number of carbonyl (C=O) groups excluding carboxylic acids is 1. The summed E-state index contributed by atoms with van der Waals surface area (Å²) >= 11 is 1.37. The number of thiazole rings is 1. The van der Waals surface area contributed by atoms with Crippen LogP contribution in [0.3, 0.4) is 0 Å². The zero-order valence-corrected chi connectivity index (χ0v) is 28.8. The Hall–Kier alpha value is -7.45. The largest absolute Gasteiger partial charge is 0.505 e. The zero-order valence-electron chi connectivity index (χ0n) is 28.0. The van der Waals surface area contributed by atoms with Gasteiger partial charge in [0.1, 0.15) is 33.7 Å². The molecule has 4 aromatic carbocycles. The molecule has 260 valence electrons. The molecule has 0 bridgehead atoms. The Morgan fingerprint density at radius 3 is 2.57 bits per heavy atom. The van der Waals surface area contributed by atoms with E-state index in [1.165, 1.54) is 40.9 Å². The summed E-state index contributed by atoms with van der Waals surface area (Å²) in [6, 6.07) is 23.2. The SMILES string of the molecule is COc1ccc(NC(=O)c2ccc3c(N=Nc4c(C#N)cnn4-c4nc5c(=O)n(C)c(=O)n(C)c5[nH]4)c(O)c(-c4nc5ccccc5s4)cc3c2)cc1. The lowest BCUT2D eigenvalue weighted by Crippen LogP contribution is -2.36. The Morgan fingerprint density at radius 2 is 1.81 bits per heavy atom. The lowest BCUT2D eigenvalue weighted by molar-refractivity contribution is 0.102. The summed E-state index contributed by atoms with van der Waals surface area (Å²) < 4.78 is 9.44. The number of aromatic hydroxyl groups is 1. The molecule has 0 saturated heterocycles. The first-order chi connectivity index (χ1) is 25.6. The van der Waals surface area contributed by atoms with Gasteiger partial charge in [-0.15, -0.1) is 21.6 Å². The van der Waals surface area contributed by atoms with Crippen molar-refractivity contribution in [3.63, 3.8) is 0 Å². The minimum Gasteiger partial charge on any atom is -0.505 e. The molecule has 4 heterocycles. The number of nitrogens with one attached hydrogen (secondary N) is 2. The quantitative estimate of drug-likeness (QED) is 0.169. The first kappa shape index (κ1) is 32.7. The lowest BCUT2D eigenvalue weighted by atomic mass is 10.0. The number of amides is 1. The van der Waals surface area contributed by atoms with Crippen molar-refractivity contribution in [3.05, 3.63) is 111 Å². The molecule has 0 spiro atoms. The lowest BCUT2D eigenvalue weighted by Gasteiger charge is -2.11. The Bertz CT molecular complexity index is 2950. The molecule has 0 aliphatic rings. The summed E-state index contributed by atoms with van der Waals surface area (Å²) in [5, 5.41) is 39.2. The van der Waals surface area contributed by atoms with E-state index in [4.69, 9.17) is 9.72 Å². The van der Waals surface area contributed by atoms with E-state index < -0.39 is 11.2 Å². The first-order valence-corrected chi connectivity index (χ1v) is 16.6. The van der Waals surface area contributed by atoms with Crippen LogP contribution in [0.2, 0.25) is 0 Å². The molecule has 1 amide bonds. The fraction of sp³-hybridized carbons (Fsp3) is 0.0833. The third-order valence-electron chi connectivity index (χ3n) is 8.62. The summed E-state index contributed by atoms with van der Waals surface area (Å²) in [6.45, 7) is 0. The second-order valence-corrected chi connectivity index (χ2v) is 12.8. The van der Waals surface area contributed by atoms with Crippen LogP contribution in [0, 0.1) is 11.3 Å². The number of nitrogens with zero attached hydrogens (tertiary/aromatic N) is 9. The molecule has 0 radical (unpaired) electrons. The van der Waals surface area contributed by atoms with Crippen LogP contribution in [-0.2, 0) is 14.1 Å². The molecule has 0 saturated carbocycles. The van der Waals surface area contributed by atoms with Crippen molar-refractivity contribution in [2.75, 3.05) is 12.4 Å². The molecule has 0 unspecified atom stereocenters. The third kappa shape index (κ3) is 5.55. The summed E-state index contributed by atoms with van der Waals surface area (Å²) in [7, 11) is 4.39. The average molecular weight is 724 g/mol. The van der Waals surface area contributed by atoms with Crippen molar-refractivity contribution in [1.82, 2.24) is 33.9 Å². The number of para-hydroxylation sites is 1. The Kier molecular flexibility index (Phi) is 7.85. The number of aryl methyl sites for hydroxylation is 1. The van der Waals surface area contributed by atoms with Gasteiger partial charge in [-0.2, -0.15) is 15.0 Å². The molecular weight excluding hydrogens is 699 g/mol. The molecule has 0 fully saturated rings. The van der Waals surface area contributed by atoms with Crippen LogP contribution >= 0.6 is 11.3 Å². The number of ether oxygens (including phenoxy) is 1. The van der Waals surface area contributed by atoms with E-state index in [2.05, 4.69) is 30.6 Å². The second kappa shape index (κ2) is 12.7. The van der Waals surface area contributed by atoms with Gasteiger partial charge in [-0.25, -0.2) is 14.8 Å². The van der Waals surface area contributed by atoms with E-state index in [0.29, 0.717) is 38.3 Å². The maximum atomic E-state index is 13.4. The van der Waals surface area contributed by atoms with Gasteiger partial charge in [0.2, 0.25) is 5.95 Å². The molecule has 8 aromatic rings. The van der Waals surface area contributed by atoms with Gasteiger partial charge in [-0.1, -0.05) is 18.2 Å². The number of nitriles is 1. The van der Waals surface area contributed by atoms with Gasteiger partial charge in [0, 0.05) is 30.7 Å². The fourth-order valence-electron chi connectivity index (χ4n) is 5.83. The van der Waals surface area contributed by atoms with E-state index in [9.17, 15) is 24.8 Å². The van der Waals surface area contributed by atoms with E-state index in [1.54, 1.807) is 55.6 Å². The number of hydrogen-bond donors (Lipinski definition) is 3. The minimum absolute atomic E-state index is 0.00132. The van der Waals surface area contributed by atoms with Gasteiger partial charge in [-0.3, -0.25) is 18.7 Å². The van der Waals surface area contributed by atoms with Gasteiger partial charge < -0.3 is 20.1 Å². The maximum Gasteiger partial charge on any atom is 0.332 e. The van der Waals surface area contributed by atoms with E-state index in [1.807, 2.05) is 30.3 Å². The number of anilines is 1. The highest BCUT2D eigenvalue weighted by Gasteiger charge is 2.22. The zero-order chi connectivity index (χ0) is 37.0. The van der Waals surface area contributed by atoms with Crippen molar-refractivity contribution >= 4 is 66.6 Å². The van der Waals surface area contributed by atoms with Crippen LogP contribution in [0.1, 0.15) is 15.9 Å². The molecule has 16 nitrogen and oxygen atoms in total. The monoisotopic (exact) mass is 723 g/mol. The highest BCUT2D eigenvalue weighted by molar-refractivity contribution is 7.21. The van der Waals surface area contributed by atoms with Gasteiger partial charge in [-0.05, 0) is 60.0 Å². The van der Waals surface area contributed by atoms with Gasteiger partial charge in [0.05, 0.1) is 29.1 Å². The standard InChI is InChI=1S/C36H25N11O5S/c1-45-31-28(34(50)46(2)36(45)51)41-35(42-31)47-30(20(16-37)17-38-47)44-43-27-23-13-8-18(32(49)39-21-9-11-22(52-3)12-10-21)14-19(23)15-24(29(27)48)33-40-25-6-4-5-7-26(25)53-33/h4-15,17,48H,1-3H3,(H,39,49)(H,41,42). The molecule has 0 aliphatic carbocycles. The van der Waals surface area contributed by atoms with Crippen molar-refractivity contribution in [3.8, 4) is 34.1 Å². The second-order valence-electron chi connectivity index (χ2n) is 11.8. The summed E-state index contributed by atoms with van der Waals surface area (Å²) in [4.78, 5) is 50.7. The van der Waals surface area contributed by atoms with Gasteiger partial charge in [0.25, 0.3) is 11.5 Å². The predicted molar refractivity (Wildman–Crippen MR) is 198 cm³/mol. The summed E-state index contributed by atoms with van der Waals surface area (Å²) in [5.74, 6) is -0.0173. The topological polar surface area (TPSA) is 210 Å². The normalized spacial score (nSPS) is 11.5. The number of aromatic amines is 1. The van der Waals surface area contributed by atoms with Gasteiger partial charge >= 0.3 is 5.69 Å². The number of aromatic nitrogens is 7. The smallest absolute Gasteiger partial charge is 0.332 e. The maximum absolute atomic E-state index is 13.4. The van der Waals surface area contributed by atoms with Crippen molar-refractivity contribution in [2.45, 2.75) is 0 Å². The molecule has 17 heteroatoms. The van der Waals surface area contributed by atoms with Crippen LogP contribution in [0.4, 0.5) is 17.2 Å². The molecular formula is C36H25N11O5S. The number of phenols is 1. The van der Waals surface area contributed by atoms with Crippen molar-refractivity contribution in [1.29, 1.82) is 5.26 Å². The average Bonchev–Trinajstić information content (AvgIpc) is 3.93. The molecule has 8 rings (SSSR count). The molecule has 4 aromatic heterocycles. The third-order valence-corrected chi connectivity index (χ3v) is 9.69. The first-order valence-electron chi connectivity index (χ1n) is 15.8. The fourth-order valence-corrected chi connectivity index (χ4v) is 6.81. The number of hydrogen-bond acceptors (Lipinski definition) is 12. The number of rotatable bonds is 7. The minimum atomic E-state index is -0.624. The van der Waals surface area contributed by atoms with Gasteiger partial charge in [0.15, 0.2) is 17.1 Å². The van der Waals surface area contributed by atoms with Crippen LogP contribution in [0.5, 0.6) is 11.5 Å². The number of carbonyl (C=O) groups is 1. The predicted octanol–water partition coefficient (Wildman–Crippen LogP) is 5.83. The Morgan fingerprint density at radius 1 is 1.02 bits per heavy atom. The highest BCUT2D eigenvalue weighted by atomic mass is 32.1. The van der Waals surface area contributed by atoms with Crippen LogP contribution in [0.25, 0.3) is 48.7 Å². The number of phenolic OH excluding ortho intramolecular Hbond substituents is 1. The summed E-state index contributed by atoms with van der Waals surface area (Å²) in [5.41, 5.74) is 0.983. The Balaban J connectivity index is 1.26. The Labute approximate surface area is 301 Å². The van der Waals surface area contributed by atoms with Crippen LogP contribution < -0.4 is 21.3 Å². The van der Waals surface area contributed by atoms with E-state index >= 15 is 0 Å². The highest BCUT2D eigenvalue weighted by Crippen LogP contribution is 2.46. The number of imidazole rings is 1. The number of benzene rings is 4. The molecule has 0 atom stereocenters. The van der Waals surface area contributed by atoms with Crippen LogP contribution in [-0.4, -0.2) is 52.0 Å². The number of azo groups is 1. The van der Waals surface area contributed by atoms with E-state index in [0.717, 1.165) is 14.8 Å². The number of H-pyrrole nitrogens is 1. The van der Waals surface area contributed by atoms with Crippen LogP contribution in [0.15, 0.2) is 98.8 Å². The number of methoxy groups -OCH3 is 1.